The first-order valence-corrected chi connectivity index (χ1v) is 7.27. The quantitative estimate of drug-likeness (QED) is 0.588. The summed E-state index contributed by atoms with van der Waals surface area (Å²) < 4.78 is 4.91. The van der Waals surface area contributed by atoms with Gasteiger partial charge in [-0.3, -0.25) is 9.69 Å². The number of hydrogen-bond donors (Lipinski definition) is 1. The number of esters is 1. The first-order chi connectivity index (χ1) is 9.06. The van der Waals surface area contributed by atoms with Gasteiger partial charge in [0.1, 0.15) is 6.04 Å². The van der Waals surface area contributed by atoms with Gasteiger partial charge in [0.25, 0.3) is 0 Å². The predicted octanol–water partition coefficient (Wildman–Crippen LogP) is 0.554. The number of rotatable bonds is 10. The van der Waals surface area contributed by atoms with Crippen LogP contribution in [0.4, 0.5) is 0 Å². The molecule has 0 radical (unpaired) electrons. The van der Waals surface area contributed by atoms with Crippen LogP contribution in [0.3, 0.4) is 0 Å². The third kappa shape index (κ3) is 6.89. The number of nitrogens with zero attached hydrogens (tertiary/aromatic N) is 2. The molecule has 0 heterocycles. The van der Waals surface area contributed by atoms with E-state index in [0.29, 0.717) is 6.04 Å². The van der Waals surface area contributed by atoms with Crippen LogP contribution in [0.2, 0.25) is 0 Å². The lowest BCUT2D eigenvalue weighted by Gasteiger charge is -2.27. The van der Waals surface area contributed by atoms with Gasteiger partial charge in [-0.15, -0.1) is 0 Å². The molecule has 5 heteroatoms. The first kappa shape index (κ1) is 16.4. The average molecular weight is 271 g/mol. The number of likely N-dealkylation sites (N-methyl/N-ethyl adjacent to an activating group) is 1. The van der Waals surface area contributed by atoms with E-state index in [-0.39, 0.29) is 12.0 Å². The molecule has 1 rings (SSSR count). The molecule has 1 saturated carbocycles. The molecule has 1 N–H and O–H groups in total. The Bertz CT molecular complexity index is 267. The van der Waals surface area contributed by atoms with Crippen molar-refractivity contribution in [2.75, 3.05) is 47.4 Å². The van der Waals surface area contributed by atoms with Crippen molar-refractivity contribution in [1.29, 1.82) is 0 Å². The average Bonchev–Trinajstić information content (AvgIpc) is 3.18. The highest BCUT2D eigenvalue weighted by Gasteiger charge is 2.30. The number of methoxy groups -OCH3 is 1. The SMILES string of the molecule is CCCN(CCN(C)C)CC(NC1CC1)C(=O)OC. The molecule has 1 aliphatic carbocycles. The van der Waals surface area contributed by atoms with E-state index in [4.69, 9.17) is 4.74 Å². The Balaban J connectivity index is 2.47. The lowest BCUT2D eigenvalue weighted by Crippen LogP contribution is -2.49. The molecule has 0 bridgehead atoms. The summed E-state index contributed by atoms with van der Waals surface area (Å²) in [5.74, 6) is -0.141. The van der Waals surface area contributed by atoms with Crippen LogP contribution in [0.25, 0.3) is 0 Å². The van der Waals surface area contributed by atoms with Gasteiger partial charge in [0, 0.05) is 25.7 Å². The van der Waals surface area contributed by atoms with E-state index in [1.54, 1.807) is 0 Å². The molecule has 0 amide bonds. The third-order valence-corrected chi connectivity index (χ3v) is 3.34. The van der Waals surface area contributed by atoms with Crippen molar-refractivity contribution in [3.8, 4) is 0 Å². The summed E-state index contributed by atoms with van der Waals surface area (Å²) >= 11 is 0. The molecule has 1 fully saturated rings. The van der Waals surface area contributed by atoms with Crippen LogP contribution >= 0.6 is 0 Å². The second kappa shape index (κ2) is 8.51. The van der Waals surface area contributed by atoms with Crippen molar-refractivity contribution in [2.45, 2.75) is 38.3 Å². The maximum atomic E-state index is 11.8. The maximum Gasteiger partial charge on any atom is 0.324 e. The summed E-state index contributed by atoms with van der Waals surface area (Å²) in [6, 6.07) is 0.327. The second-order valence-corrected chi connectivity index (χ2v) is 5.62. The maximum absolute atomic E-state index is 11.8. The van der Waals surface area contributed by atoms with Crippen LogP contribution in [-0.4, -0.2) is 75.2 Å². The minimum absolute atomic E-state index is 0.141. The fraction of sp³-hybridized carbons (Fsp3) is 0.929. The molecule has 0 aromatic carbocycles. The minimum atomic E-state index is -0.189. The van der Waals surface area contributed by atoms with Gasteiger partial charge in [0.2, 0.25) is 0 Å². The fourth-order valence-corrected chi connectivity index (χ4v) is 2.08. The topological polar surface area (TPSA) is 44.8 Å². The van der Waals surface area contributed by atoms with Crippen LogP contribution in [0.15, 0.2) is 0 Å². The molecule has 1 aliphatic rings. The molecule has 0 spiro atoms. The summed E-state index contributed by atoms with van der Waals surface area (Å²) in [4.78, 5) is 16.3. The van der Waals surface area contributed by atoms with Crippen molar-refractivity contribution in [3.05, 3.63) is 0 Å². The van der Waals surface area contributed by atoms with Gasteiger partial charge < -0.3 is 15.0 Å². The van der Waals surface area contributed by atoms with Gasteiger partial charge in [-0.1, -0.05) is 6.92 Å². The first-order valence-electron chi connectivity index (χ1n) is 7.27. The zero-order valence-electron chi connectivity index (χ0n) is 12.8. The van der Waals surface area contributed by atoms with Crippen molar-refractivity contribution in [2.24, 2.45) is 0 Å². The number of hydrogen-bond acceptors (Lipinski definition) is 5. The summed E-state index contributed by atoms with van der Waals surface area (Å²) in [5, 5.41) is 3.39. The van der Waals surface area contributed by atoms with E-state index in [1.165, 1.54) is 20.0 Å². The molecule has 1 atom stereocenters. The molecular weight excluding hydrogens is 242 g/mol. The van der Waals surface area contributed by atoms with Gasteiger partial charge in [0.15, 0.2) is 0 Å². The van der Waals surface area contributed by atoms with Crippen molar-refractivity contribution < 1.29 is 9.53 Å². The molecule has 19 heavy (non-hydrogen) atoms. The molecule has 0 aromatic heterocycles. The zero-order valence-corrected chi connectivity index (χ0v) is 12.8. The van der Waals surface area contributed by atoms with Crippen molar-refractivity contribution in [3.63, 3.8) is 0 Å². The lowest BCUT2D eigenvalue weighted by molar-refractivity contribution is -0.143. The normalized spacial score (nSPS) is 16.9. The van der Waals surface area contributed by atoms with Gasteiger partial charge in [0.05, 0.1) is 7.11 Å². The van der Waals surface area contributed by atoms with E-state index in [2.05, 4.69) is 36.1 Å². The van der Waals surface area contributed by atoms with E-state index >= 15 is 0 Å². The van der Waals surface area contributed by atoms with Gasteiger partial charge in [-0.25, -0.2) is 0 Å². The molecule has 0 aliphatic heterocycles. The van der Waals surface area contributed by atoms with Crippen molar-refractivity contribution in [1.82, 2.24) is 15.1 Å². The number of carbonyl (C=O) groups is 1. The summed E-state index contributed by atoms with van der Waals surface area (Å²) in [7, 11) is 5.61. The Kier molecular flexibility index (Phi) is 7.34. The smallest absolute Gasteiger partial charge is 0.324 e. The number of carbonyl (C=O) groups excluding carboxylic acids is 1. The molecule has 1 unspecified atom stereocenters. The largest absolute Gasteiger partial charge is 0.468 e. The Morgan fingerprint density at radius 2 is 2.00 bits per heavy atom. The van der Waals surface area contributed by atoms with Crippen LogP contribution in [0.5, 0.6) is 0 Å². The molecule has 0 aromatic rings. The van der Waals surface area contributed by atoms with Gasteiger partial charge in [-0.05, 0) is 39.9 Å². The van der Waals surface area contributed by atoms with E-state index in [9.17, 15) is 4.79 Å². The second-order valence-electron chi connectivity index (χ2n) is 5.62. The highest BCUT2D eigenvalue weighted by atomic mass is 16.5. The van der Waals surface area contributed by atoms with Crippen molar-refractivity contribution >= 4 is 5.97 Å². The van der Waals surface area contributed by atoms with E-state index in [1.807, 2.05) is 0 Å². The third-order valence-electron chi connectivity index (χ3n) is 3.34. The Morgan fingerprint density at radius 3 is 2.47 bits per heavy atom. The van der Waals surface area contributed by atoms with E-state index < -0.39 is 0 Å². The number of nitrogens with one attached hydrogen (secondary N) is 1. The molecule has 0 saturated heterocycles. The predicted molar refractivity (Wildman–Crippen MR) is 77.2 cm³/mol. The minimum Gasteiger partial charge on any atom is -0.468 e. The highest BCUT2D eigenvalue weighted by Crippen LogP contribution is 2.19. The summed E-state index contributed by atoms with van der Waals surface area (Å²) in [6.07, 6.45) is 3.46. The Morgan fingerprint density at radius 1 is 1.32 bits per heavy atom. The summed E-state index contributed by atoms with van der Waals surface area (Å²) in [6.45, 7) is 5.93. The van der Waals surface area contributed by atoms with Crippen LogP contribution in [-0.2, 0) is 9.53 Å². The zero-order chi connectivity index (χ0) is 14.3. The summed E-state index contributed by atoms with van der Waals surface area (Å²) in [5.41, 5.74) is 0. The number of ether oxygens (including phenoxy) is 1. The standard InChI is InChI=1S/C14H29N3O2/c1-5-8-17(10-9-16(2)3)11-13(14(18)19-4)15-12-6-7-12/h12-13,15H,5-11H2,1-4H3. The molecule has 5 nitrogen and oxygen atoms in total. The van der Waals surface area contributed by atoms with Crippen LogP contribution in [0, 0.1) is 0 Å². The Labute approximate surface area is 117 Å². The molecular formula is C14H29N3O2. The monoisotopic (exact) mass is 271 g/mol. The molecule has 112 valence electrons. The van der Waals surface area contributed by atoms with E-state index in [0.717, 1.165) is 32.6 Å². The fourth-order valence-electron chi connectivity index (χ4n) is 2.08. The van der Waals surface area contributed by atoms with Gasteiger partial charge >= 0.3 is 5.97 Å². The van der Waals surface area contributed by atoms with Crippen LogP contribution < -0.4 is 5.32 Å². The van der Waals surface area contributed by atoms with Gasteiger partial charge in [-0.2, -0.15) is 0 Å². The van der Waals surface area contributed by atoms with Crippen LogP contribution in [0.1, 0.15) is 26.2 Å². The Hall–Kier alpha value is -0.650. The highest BCUT2D eigenvalue weighted by molar-refractivity contribution is 5.76. The lowest BCUT2D eigenvalue weighted by atomic mass is 10.2.